The van der Waals surface area contributed by atoms with Crippen LogP contribution in [0.5, 0.6) is 0 Å². The molecule has 1 aliphatic rings. The second kappa shape index (κ2) is 7.38. The molecule has 0 unspecified atom stereocenters. The molecule has 0 atom stereocenters. The average Bonchev–Trinajstić information content (AvgIpc) is 3.17. The van der Waals surface area contributed by atoms with Gasteiger partial charge in [0.2, 0.25) is 5.95 Å². The van der Waals surface area contributed by atoms with Crippen LogP contribution in [0.3, 0.4) is 0 Å². The van der Waals surface area contributed by atoms with Gasteiger partial charge in [-0.2, -0.15) is 0 Å². The highest BCUT2D eigenvalue weighted by Gasteiger charge is 2.18. The zero-order valence-corrected chi connectivity index (χ0v) is 14.0. The van der Waals surface area contributed by atoms with Gasteiger partial charge in [-0.05, 0) is 31.0 Å². The van der Waals surface area contributed by atoms with Gasteiger partial charge >= 0.3 is 0 Å². The van der Waals surface area contributed by atoms with E-state index in [0.29, 0.717) is 18.5 Å². The Labute approximate surface area is 146 Å². The first kappa shape index (κ1) is 15.7. The molecule has 1 aliphatic carbocycles. The van der Waals surface area contributed by atoms with E-state index in [0.717, 1.165) is 17.2 Å². The predicted octanol–water partition coefficient (Wildman–Crippen LogP) is 3.25. The number of aromatic nitrogens is 6. The van der Waals surface area contributed by atoms with Crippen LogP contribution in [0.25, 0.3) is 11.4 Å². The van der Waals surface area contributed by atoms with E-state index >= 15 is 0 Å². The monoisotopic (exact) mass is 335 g/mol. The minimum absolute atomic E-state index is 0.515. The van der Waals surface area contributed by atoms with Crippen LogP contribution in [0.15, 0.2) is 43.0 Å². The van der Waals surface area contributed by atoms with Crippen molar-refractivity contribution in [3.63, 3.8) is 0 Å². The first-order chi connectivity index (χ1) is 12.4. The number of nitrogens with zero attached hydrogens (tertiary/aromatic N) is 6. The van der Waals surface area contributed by atoms with E-state index in [2.05, 4.69) is 35.0 Å². The Bertz CT molecular complexity index is 809. The molecule has 0 radical (unpaired) electrons. The Kier molecular flexibility index (Phi) is 4.63. The Hall–Kier alpha value is -2.83. The van der Waals surface area contributed by atoms with Gasteiger partial charge in [0.15, 0.2) is 5.82 Å². The Morgan fingerprint density at radius 2 is 1.92 bits per heavy atom. The fourth-order valence-corrected chi connectivity index (χ4v) is 3.32. The molecule has 3 aromatic heterocycles. The zero-order valence-electron chi connectivity index (χ0n) is 14.0. The lowest BCUT2D eigenvalue weighted by molar-refractivity contribution is 0.346. The van der Waals surface area contributed by atoms with Gasteiger partial charge in [0.05, 0.1) is 17.9 Å². The summed E-state index contributed by atoms with van der Waals surface area (Å²) in [7, 11) is 0. The molecule has 1 fully saturated rings. The first-order valence-corrected chi connectivity index (χ1v) is 8.77. The fourth-order valence-electron chi connectivity index (χ4n) is 3.32. The van der Waals surface area contributed by atoms with E-state index in [-0.39, 0.29) is 0 Å². The maximum Gasteiger partial charge on any atom is 0.223 e. The summed E-state index contributed by atoms with van der Waals surface area (Å²) >= 11 is 0. The van der Waals surface area contributed by atoms with Crippen molar-refractivity contribution < 1.29 is 0 Å². The molecule has 4 rings (SSSR count). The van der Waals surface area contributed by atoms with Crippen LogP contribution in [0.2, 0.25) is 0 Å². The van der Waals surface area contributed by atoms with Gasteiger partial charge in [0.25, 0.3) is 0 Å². The maximum atomic E-state index is 4.54. The molecule has 7 heteroatoms. The number of nitrogens with one attached hydrogen (secondary N) is 1. The summed E-state index contributed by atoms with van der Waals surface area (Å²) in [5.41, 5.74) is 1.63. The quantitative estimate of drug-likeness (QED) is 0.771. The number of pyridine rings is 1. The van der Waals surface area contributed by atoms with E-state index in [1.807, 2.05) is 30.6 Å². The van der Waals surface area contributed by atoms with E-state index in [1.165, 1.54) is 32.1 Å². The van der Waals surface area contributed by atoms with Crippen molar-refractivity contribution in [2.75, 3.05) is 5.32 Å². The molecule has 128 valence electrons. The number of rotatable bonds is 5. The highest BCUT2D eigenvalue weighted by molar-refractivity contribution is 5.54. The van der Waals surface area contributed by atoms with Crippen molar-refractivity contribution in [3.8, 4) is 11.4 Å². The summed E-state index contributed by atoms with van der Waals surface area (Å²) in [6, 6.07) is 8.15. The summed E-state index contributed by atoms with van der Waals surface area (Å²) in [6.07, 6.45) is 11.7. The van der Waals surface area contributed by atoms with Gasteiger partial charge in [-0.25, -0.2) is 9.97 Å². The molecular weight excluding hydrogens is 314 g/mol. The molecule has 0 aromatic carbocycles. The molecular formula is C18H21N7. The third kappa shape index (κ3) is 3.65. The van der Waals surface area contributed by atoms with Crippen molar-refractivity contribution in [2.45, 2.75) is 44.7 Å². The highest BCUT2D eigenvalue weighted by atomic mass is 15.3. The van der Waals surface area contributed by atoms with Crippen molar-refractivity contribution in [1.82, 2.24) is 29.7 Å². The molecule has 0 aliphatic heterocycles. The Morgan fingerprint density at radius 1 is 1.00 bits per heavy atom. The van der Waals surface area contributed by atoms with Crippen LogP contribution in [-0.2, 0) is 6.54 Å². The molecule has 25 heavy (non-hydrogen) atoms. The lowest BCUT2D eigenvalue weighted by atomic mass is 9.95. The predicted molar refractivity (Wildman–Crippen MR) is 94.7 cm³/mol. The van der Waals surface area contributed by atoms with Crippen molar-refractivity contribution >= 4 is 5.95 Å². The fraction of sp³-hybridized carbons (Fsp3) is 0.389. The SMILES string of the molecule is c1ccc(-c2ccnc(NCc3nncn3C3CCCCC3)n2)nc1. The standard InChI is InChI=1S/C18H21N7/c1-2-6-14(7-3-1)25-13-22-24-17(25)12-21-18-20-11-9-16(23-18)15-8-4-5-10-19-15/h4-5,8-11,13-14H,1-3,6-7,12H2,(H,20,21,23). The summed E-state index contributed by atoms with van der Waals surface area (Å²) in [5.74, 6) is 1.50. The third-order valence-electron chi connectivity index (χ3n) is 4.60. The molecule has 0 bridgehead atoms. The molecule has 7 nitrogen and oxygen atoms in total. The van der Waals surface area contributed by atoms with Crippen LogP contribution in [-0.4, -0.2) is 29.7 Å². The number of hydrogen-bond acceptors (Lipinski definition) is 6. The van der Waals surface area contributed by atoms with Gasteiger partial charge < -0.3 is 9.88 Å². The lowest BCUT2D eigenvalue weighted by Crippen LogP contribution is -2.17. The Balaban J connectivity index is 1.46. The van der Waals surface area contributed by atoms with Gasteiger partial charge in [0.1, 0.15) is 6.33 Å². The minimum atomic E-state index is 0.515. The summed E-state index contributed by atoms with van der Waals surface area (Å²) in [6.45, 7) is 0.558. The van der Waals surface area contributed by atoms with E-state index in [9.17, 15) is 0 Å². The van der Waals surface area contributed by atoms with Crippen LogP contribution in [0, 0.1) is 0 Å². The van der Waals surface area contributed by atoms with E-state index in [1.54, 1.807) is 12.4 Å². The molecule has 1 N–H and O–H groups in total. The molecule has 0 spiro atoms. The summed E-state index contributed by atoms with van der Waals surface area (Å²) < 4.78 is 2.20. The lowest BCUT2D eigenvalue weighted by Gasteiger charge is -2.24. The van der Waals surface area contributed by atoms with Crippen molar-refractivity contribution in [3.05, 3.63) is 48.8 Å². The highest BCUT2D eigenvalue weighted by Crippen LogP contribution is 2.28. The Morgan fingerprint density at radius 3 is 2.76 bits per heavy atom. The topological polar surface area (TPSA) is 81.4 Å². The minimum Gasteiger partial charge on any atom is -0.347 e. The van der Waals surface area contributed by atoms with Crippen molar-refractivity contribution in [1.29, 1.82) is 0 Å². The molecule has 1 saturated carbocycles. The van der Waals surface area contributed by atoms with Crippen LogP contribution in [0.1, 0.15) is 44.0 Å². The van der Waals surface area contributed by atoms with Gasteiger partial charge in [-0.15, -0.1) is 10.2 Å². The average molecular weight is 335 g/mol. The largest absolute Gasteiger partial charge is 0.347 e. The first-order valence-electron chi connectivity index (χ1n) is 8.77. The zero-order chi connectivity index (χ0) is 16.9. The van der Waals surface area contributed by atoms with Crippen LogP contribution in [0.4, 0.5) is 5.95 Å². The van der Waals surface area contributed by atoms with Gasteiger partial charge in [0, 0.05) is 18.4 Å². The third-order valence-corrected chi connectivity index (χ3v) is 4.60. The van der Waals surface area contributed by atoms with Crippen LogP contribution < -0.4 is 5.32 Å². The van der Waals surface area contributed by atoms with Gasteiger partial charge in [-0.1, -0.05) is 25.3 Å². The molecule has 3 aromatic rings. The van der Waals surface area contributed by atoms with E-state index in [4.69, 9.17) is 0 Å². The number of hydrogen-bond donors (Lipinski definition) is 1. The molecule has 3 heterocycles. The summed E-state index contributed by atoms with van der Waals surface area (Å²) in [5, 5.41) is 11.6. The summed E-state index contributed by atoms with van der Waals surface area (Å²) in [4.78, 5) is 13.2. The second-order valence-electron chi connectivity index (χ2n) is 6.28. The van der Waals surface area contributed by atoms with Gasteiger partial charge in [-0.3, -0.25) is 4.98 Å². The molecule has 0 saturated heterocycles. The normalized spacial score (nSPS) is 15.2. The molecule has 0 amide bonds. The van der Waals surface area contributed by atoms with E-state index < -0.39 is 0 Å². The smallest absolute Gasteiger partial charge is 0.223 e. The van der Waals surface area contributed by atoms with Crippen molar-refractivity contribution in [2.24, 2.45) is 0 Å². The van der Waals surface area contributed by atoms with Crippen LogP contribution >= 0.6 is 0 Å². The maximum absolute atomic E-state index is 4.54. The second-order valence-corrected chi connectivity index (χ2v) is 6.28. The number of anilines is 1.